The maximum Gasteiger partial charge on any atom is 0.0375 e. The van der Waals surface area contributed by atoms with E-state index in [4.69, 9.17) is 0 Å². The highest BCUT2D eigenvalue weighted by Crippen LogP contribution is 2.32. The van der Waals surface area contributed by atoms with Gasteiger partial charge in [-0.2, -0.15) is 0 Å². The van der Waals surface area contributed by atoms with Gasteiger partial charge in [0, 0.05) is 24.0 Å². The van der Waals surface area contributed by atoms with E-state index in [0.29, 0.717) is 12.1 Å². The molecule has 0 N–H and O–H groups in total. The van der Waals surface area contributed by atoms with Crippen LogP contribution < -0.4 is 0 Å². The summed E-state index contributed by atoms with van der Waals surface area (Å²) in [6.07, 6.45) is 5.94. The monoisotopic (exact) mass is 218 g/mol. The Balaban J connectivity index is 2.23. The average Bonchev–Trinajstić information content (AvgIpc) is 2.29. The number of pyridine rings is 1. The van der Waals surface area contributed by atoms with Gasteiger partial charge in [0.05, 0.1) is 0 Å². The zero-order chi connectivity index (χ0) is 11.5. The zero-order valence-electron chi connectivity index (χ0n) is 10.6. The fourth-order valence-electron chi connectivity index (χ4n) is 2.70. The fraction of sp³-hybridized carbons (Fsp3) is 0.643. The van der Waals surface area contributed by atoms with Gasteiger partial charge in [-0.05, 0) is 57.9 Å². The van der Waals surface area contributed by atoms with E-state index in [2.05, 4.69) is 42.8 Å². The van der Waals surface area contributed by atoms with Crippen LogP contribution >= 0.6 is 0 Å². The molecule has 0 bridgehead atoms. The minimum Gasteiger partial charge on any atom is -0.294 e. The molecule has 2 heterocycles. The first-order valence-electron chi connectivity index (χ1n) is 6.37. The second kappa shape index (κ2) is 4.96. The molecule has 0 saturated carbocycles. The summed E-state index contributed by atoms with van der Waals surface area (Å²) in [5.74, 6) is 0. The third-order valence-corrected chi connectivity index (χ3v) is 3.51. The first-order chi connectivity index (χ1) is 7.68. The zero-order valence-corrected chi connectivity index (χ0v) is 10.6. The number of nitrogens with zero attached hydrogens (tertiary/aromatic N) is 2. The van der Waals surface area contributed by atoms with Crippen molar-refractivity contribution >= 4 is 0 Å². The topological polar surface area (TPSA) is 16.1 Å². The van der Waals surface area contributed by atoms with E-state index in [1.54, 1.807) is 0 Å². The van der Waals surface area contributed by atoms with Crippen molar-refractivity contribution in [2.24, 2.45) is 0 Å². The van der Waals surface area contributed by atoms with Crippen LogP contribution in [0.25, 0.3) is 0 Å². The Labute approximate surface area is 98.7 Å². The Bertz CT molecular complexity index is 346. The summed E-state index contributed by atoms with van der Waals surface area (Å²) in [6.45, 7) is 7.91. The third kappa shape index (κ3) is 2.43. The summed E-state index contributed by atoms with van der Waals surface area (Å²) in [7, 11) is 0. The molecule has 1 aliphatic heterocycles. The molecule has 0 amide bonds. The third-order valence-electron chi connectivity index (χ3n) is 3.51. The van der Waals surface area contributed by atoms with E-state index in [1.165, 1.54) is 31.4 Å². The fourth-order valence-corrected chi connectivity index (χ4v) is 2.70. The molecule has 1 aromatic heterocycles. The maximum absolute atomic E-state index is 4.29. The maximum atomic E-state index is 4.29. The van der Waals surface area contributed by atoms with Crippen molar-refractivity contribution in [3.63, 3.8) is 0 Å². The van der Waals surface area contributed by atoms with Crippen LogP contribution in [0, 0.1) is 6.92 Å². The molecule has 1 unspecified atom stereocenters. The minimum absolute atomic E-state index is 0.607. The Hall–Kier alpha value is -0.890. The average molecular weight is 218 g/mol. The summed E-state index contributed by atoms with van der Waals surface area (Å²) in [5.41, 5.74) is 2.58. The Morgan fingerprint density at radius 1 is 1.38 bits per heavy atom. The van der Waals surface area contributed by atoms with Gasteiger partial charge in [0.1, 0.15) is 0 Å². The van der Waals surface area contributed by atoms with Crippen molar-refractivity contribution < 1.29 is 0 Å². The molecule has 0 spiro atoms. The lowest BCUT2D eigenvalue weighted by Gasteiger charge is -2.39. The van der Waals surface area contributed by atoms with Crippen molar-refractivity contribution in [2.75, 3.05) is 6.54 Å². The van der Waals surface area contributed by atoms with Gasteiger partial charge in [-0.1, -0.05) is 6.42 Å². The molecule has 0 aliphatic carbocycles. The number of piperidine rings is 1. The van der Waals surface area contributed by atoms with Crippen molar-refractivity contribution in [1.82, 2.24) is 9.88 Å². The van der Waals surface area contributed by atoms with E-state index in [1.807, 2.05) is 6.20 Å². The van der Waals surface area contributed by atoms with E-state index in [0.717, 1.165) is 5.69 Å². The van der Waals surface area contributed by atoms with Crippen LogP contribution in [0.3, 0.4) is 0 Å². The number of rotatable bonds is 2. The van der Waals surface area contributed by atoms with Crippen molar-refractivity contribution in [2.45, 2.75) is 52.1 Å². The van der Waals surface area contributed by atoms with E-state index < -0.39 is 0 Å². The standard InChI is InChI=1S/C14H22N2/c1-11(2)16-9-5-4-6-14(16)13-7-8-15-12(3)10-13/h7-8,10-11,14H,4-6,9H2,1-3H3. The Kier molecular flexibility index (Phi) is 3.59. The summed E-state index contributed by atoms with van der Waals surface area (Å²) in [4.78, 5) is 6.91. The molecule has 2 heteroatoms. The number of hydrogen-bond donors (Lipinski definition) is 0. The van der Waals surface area contributed by atoms with Crippen LogP contribution in [0.1, 0.15) is 50.4 Å². The van der Waals surface area contributed by atoms with Gasteiger partial charge in [0.2, 0.25) is 0 Å². The predicted molar refractivity (Wildman–Crippen MR) is 67.4 cm³/mol. The first-order valence-corrected chi connectivity index (χ1v) is 6.37. The summed E-state index contributed by atoms with van der Waals surface area (Å²) in [6, 6.07) is 5.67. The first kappa shape index (κ1) is 11.6. The SMILES string of the molecule is Cc1cc(C2CCCCN2C(C)C)ccn1. The Morgan fingerprint density at radius 3 is 2.88 bits per heavy atom. The quantitative estimate of drug-likeness (QED) is 0.757. The largest absolute Gasteiger partial charge is 0.294 e. The highest BCUT2D eigenvalue weighted by Gasteiger charge is 2.25. The van der Waals surface area contributed by atoms with Crippen LogP contribution in [0.4, 0.5) is 0 Å². The molecule has 0 radical (unpaired) electrons. The molecule has 88 valence electrons. The van der Waals surface area contributed by atoms with Gasteiger partial charge in [0.15, 0.2) is 0 Å². The van der Waals surface area contributed by atoms with Crippen LogP contribution in [-0.4, -0.2) is 22.5 Å². The van der Waals surface area contributed by atoms with Gasteiger partial charge >= 0.3 is 0 Å². The number of aromatic nitrogens is 1. The molecular formula is C14H22N2. The normalized spacial score (nSPS) is 22.6. The summed E-state index contributed by atoms with van der Waals surface area (Å²) >= 11 is 0. The molecule has 1 saturated heterocycles. The van der Waals surface area contributed by atoms with Gasteiger partial charge < -0.3 is 0 Å². The molecule has 1 aliphatic rings. The van der Waals surface area contributed by atoms with Gasteiger partial charge in [0.25, 0.3) is 0 Å². The highest BCUT2D eigenvalue weighted by atomic mass is 15.2. The highest BCUT2D eigenvalue weighted by molar-refractivity contribution is 5.20. The minimum atomic E-state index is 0.607. The van der Waals surface area contributed by atoms with Gasteiger partial charge in [-0.3, -0.25) is 9.88 Å². The number of hydrogen-bond acceptors (Lipinski definition) is 2. The van der Waals surface area contributed by atoms with Crippen LogP contribution in [0.5, 0.6) is 0 Å². The van der Waals surface area contributed by atoms with E-state index in [9.17, 15) is 0 Å². The van der Waals surface area contributed by atoms with Gasteiger partial charge in [-0.15, -0.1) is 0 Å². The molecular weight excluding hydrogens is 196 g/mol. The molecule has 16 heavy (non-hydrogen) atoms. The number of aryl methyl sites for hydroxylation is 1. The lowest BCUT2D eigenvalue weighted by Crippen LogP contribution is -2.38. The number of likely N-dealkylation sites (tertiary alicyclic amines) is 1. The van der Waals surface area contributed by atoms with Crippen LogP contribution in [0.15, 0.2) is 18.3 Å². The van der Waals surface area contributed by atoms with E-state index >= 15 is 0 Å². The van der Waals surface area contributed by atoms with Crippen molar-refractivity contribution in [3.8, 4) is 0 Å². The Morgan fingerprint density at radius 2 is 2.19 bits per heavy atom. The second-order valence-electron chi connectivity index (χ2n) is 5.07. The molecule has 1 fully saturated rings. The smallest absolute Gasteiger partial charge is 0.0375 e. The van der Waals surface area contributed by atoms with E-state index in [-0.39, 0.29) is 0 Å². The molecule has 2 rings (SSSR count). The predicted octanol–water partition coefficient (Wildman–Crippen LogP) is 3.33. The molecule has 1 aromatic rings. The molecule has 0 aromatic carbocycles. The molecule has 2 nitrogen and oxygen atoms in total. The lowest BCUT2D eigenvalue weighted by atomic mass is 9.94. The van der Waals surface area contributed by atoms with Gasteiger partial charge in [-0.25, -0.2) is 0 Å². The van der Waals surface area contributed by atoms with Crippen LogP contribution in [0.2, 0.25) is 0 Å². The van der Waals surface area contributed by atoms with Crippen molar-refractivity contribution in [1.29, 1.82) is 0 Å². The molecule has 1 atom stereocenters. The summed E-state index contributed by atoms with van der Waals surface area (Å²) in [5, 5.41) is 0. The summed E-state index contributed by atoms with van der Waals surface area (Å²) < 4.78 is 0. The van der Waals surface area contributed by atoms with Crippen molar-refractivity contribution in [3.05, 3.63) is 29.6 Å². The second-order valence-corrected chi connectivity index (χ2v) is 5.07. The van der Waals surface area contributed by atoms with Crippen LogP contribution in [-0.2, 0) is 0 Å². The lowest BCUT2D eigenvalue weighted by molar-refractivity contribution is 0.112.